The lowest BCUT2D eigenvalue weighted by Crippen LogP contribution is -2.26. The third-order valence-corrected chi connectivity index (χ3v) is 5.68. The van der Waals surface area contributed by atoms with E-state index in [0.29, 0.717) is 21.8 Å². The summed E-state index contributed by atoms with van der Waals surface area (Å²) in [5.41, 5.74) is 1.06. The van der Waals surface area contributed by atoms with Gasteiger partial charge >= 0.3 is 5.97 Å². The molecule has 0 saturated heterocycles. The molecule has 0 bridgehead atoms. The molecule has 2 aliphatic carbocycles. The first-order valence-corrected chi connectivity index (χ1v) is 10.5. The number of esters is 1. The molecule has 8 heteroatoms. The molecular formula is C26H14ClNO6. The Kier molecular flexibility index (Phi) is 5.11. The summed E-state index contributed by atoms with van der Waals surface area (Å²) >= 11 is 5.94. The molecule has 7 nitrogen and oxygen atoms in total. The maximum Gasteiger partial charge on any atom is 0.349 e. The summed E-state index contributed by atoms with van der Waals surface area (Å²) < 4.78 is 5.22. The minimum absolute atomic E-state index is 0.00364. The van der Waals surface area contributed by atoms with Crippen LogP contribution < -0.4 is 0 Å². The Balaban J connectivity index is 1.57. The fraction of sp³-hybridized carbons (Fsp3) is 0. The van der Waals surface area contributed by atoms with Gasteiger partial charge in [0.1, 0.15) is 11.3 Å². The van der Waals surface area contributed by atoms with Crippen molar-refractivity contribution in [2.75, 3.05) is 0 Å². The maximum atomic E-state index is 13.2. The lowest BCUT2D eigenvalue weighted by molar-refractivity contribution is -0.134. The second-order valence-electron chi connectivity index (χ2n) is 7.48. The molecule has 2 aliphatic rings. The van der Waals surface area contributed by atoms with E-state index in [1.807, 2.05) is 0 Å². The Morgan fingerprint density at radius 2 is 1.29 bits per heavy atom. The van der Waals surface area contributed by atoms with Crippen molar-refractivity contribution in [2.45, 2.75) is 0 Å². The quantitative estimate of drug-likeness (QED) is 0.511. The van der Waals surface area contributed by atoms with Crippen LogP contribution in [0.25, 0.3) is 5.76 Å². The number of carbonyl (C=O) groups excluding carboxylic acids is 3. The number of hydrogen-bond donors (Lipinski definition) is 2. The van der Waals surface area contributed by atoms with Gasteiger partial charge in [-0.05, 0) is 24.3 Å². The molecule has 0 fully saturated rings. The molecule has 0 unspecified atom stereocenters. The van der Waals surface area contributed by atoms with Crippen LogP contribution in [-0.4, -0.2) is 33.5 Å². The molecule has 3 aromatic rings. The van der Waals surface area contributed by atoms with Crippen LogP contribution in [0.4, 0.5) is 5.69 Å². The summed E-state index contributed by atoms with van der Waals surface area (Å²) in [6, 6.07) is 19.0. The van der Waals surface area contributed by atoms with Crippen molar-refractivity contribution in [3.8, 4) is 0 Å². The Hall–Kier alpha value is -4.49. The number of allylic oxidation sites excluding steroid dienone is 2. The molecule has 0 radical (unpaired) electrons. The summed E-state index contributed by atoms with van der Waals surface area (Å²) in [6.45, 7) is 0. The van der Waals surface area contributed by atoms with Crippen LogP contribution >= 0.6 is 11.6 Å². The highest BCUT2D eigenvalue weighted by atomic mass is 35.5. The van der Waals surface area contributed by atoms with Crippen molar-refractivity contribution < 1.29 is 29.3 Å². The van der Waals surface area contributed by atoms with Crippen LogP contribution in [0.5, 0.6) is 0 Å². The summed E-state index contributed by atoms with van der Waals surface area (Å²) in [5.74, 6) is -5.01. The Labute approximate surface area is 197 Å². The van der Waals surface area contributed by atoms with Gasteiger partial charge in [0.05, 0.1) is 11.4 Å². The Morgan fingerprint density at radius 1 is 0.735 bits per heavy atom. The number of halogens is 1. The molecule has 0 heterocycles. The zero-order chi connectivity index (χ0) is 24.0. The van der Waals surface area contributed by atoms with E-state index in [-0.39, 0.29) is 22.4 Å². The van der Waals surface area contributed by atoms with Crippen LogP contribution in [0.2, 0.25) is 5.02 Å². The Morgan fingerprint density at radius 3 is 1.94 bits per heavy atom. The van der Waals surface area contributed by atoms with Gasteiger partial charge in [-0.15, -0.1) is 0 Å². The molecule has 0 aliphatic heterocycles. The second-order valence-corrected chi connectivity index (χ2v) is 7.91. The van der Waals surface area contributed by atoms with Gasteiger partial charge in [-0.3, -0.25) is 9.59 Å². The van der Waals surface area contributed by atoms with Gasteiger partial charge in [-0.1, -0.05) is 60.1 Å². The summed E-state index contributed by atoms with van der Waals surface area (Å²) in [4.78, 5) is 43.1. The number of aliphatic hydroxyl groups is 2. The third-order valence-electron chi connectivity index (χ3n) is 5.43. The minimum atomic E-state index is -1.15. The topological polar surface area (TPSA) is 113 Å². The van der Waals surface area contributed by atoms with Crippen molar-refractivity contribution in [3.63, 3.8) is 0 Å². The molecule has 3 aromatic carbocycles. The molecule has 2 N–H and O–H groups in total. The second kappa shape index (κ2) is 8.13. The summed E-state index contributed by atoms with van der Waals surface area (Å²) in [6.07, 6.45) is 0. The van der Waals surface area contributed by atoms with Gasteiger partial charge < -0.3 is 14.9 Å². The van der Waals surface area contributed by atoms with Crippen LogP contribution in [0.15, 0.2) is 94.9 Å². The number of ether oxygens (including phenoxy) is 1. The van der Waals surface area contributed by atoms with Gasteiger partial charge in [0.15, 0.2) is 0 Å². The van der Waals surface area contributed by atoms with Crippen molar-refractivity contribution in [3.05, 3.63) is 117 Å². The molecule has 0 aromatic heterocycles. The minimum Gasteiger partial charge on any atom is -0.506 e. The van der Waals surface area contributed by atoms with Gasteiger partial charge in [0.25, 0.3) is 0 Å². The highest BCUT2D eigenvalue weighted by Gasteiger charge is 2.39. The molecule has 0 atom stereocenters. The van der Waals surface area contributed by atoms with E-state index in [2.05, 4.69) is 4.99 Å². The van der Waals surface area contributed by atoms with E-state index in [9.17, 15) is 24.6 Å². The number of aliphatic imine (C=N–C) groups is 1. The molecular weight excluding hydrogens is 458 g/mol. The number of rotatable bonds is 3. The van der Waals surface area contributed by atoms with E-state index < -0.39 is 34.8 Å². The number of benzene rings is 3. The first kappa shape index (κ1) is 21.4. The zero-order valence-electron chi connectivity index (χ0n) is 17.3. The third kappa shape index (κ3) is 3.39. The van der Waals surface area contributed by atoms with Crippen LogP contribution in [-0.2, 0) is 9.53 Å². The van der Waals surface area contributed by atoms with Crippen molar-refractivity contribution in [1.29, 1.82) is 0 Å². The van der Waals surface area contributed by atoms with Crippen LogP contribution in [0, 0.1) is 0 Å². The molecule has 0 spiro atoms. The molecule has 5 rings (SSSR count). The summed E-state index contributed by atoms with van der Waals surface area (Å²) in [5, 5.41) is 21.6. The Bertz CT molecular complexity index is 1500. The smallest absolute Gasteiger partial charge is 0.349 e. The molecule has 34 heavy (non-hydrogen) atoms. The van der Waals surface area contributed by atoms with Crippen molar-refractivity contribution >= 4 is 46.3 Å². The predicted octanol–water partition coefficient (Wildman–Crippen LogP) is 5.14. The lowest BCUT2D eigenvalue weighted by Gasteiger charge is -2.17. The fourth-order valence-corrected chi connectivity index (χ4v) is 3.94. The number of ketones is 2. The largest absolute Gasteiger partial charge is 0.506 e. The van der Waals surface area contributed by atoms with E-state index in [4.69, 9.17) is 16.3 Å². The van der Waals surface area contributed by atoms with Gasteiger partial charge in [-0.2, -0.15) is 0 Å². The number of fused-ring (bicyclic) bond motifs is 2. The van der Waals surface area contributed by atoms with Crippen LogP contribution in [0.1, 0.15) is 31.8 Å². The number of carbonyl (C=O) groups is 3. The van der Waals surface area contributed by atoms with Crippen LogP contribution in [0.3, 0.4) is 0 Å². The molecule has 166 valence electrons. The predicted molar refractivity (Wildman–Crippen MR) is 124 cm³/mol. The molecule has 0 amide bonds. The van der Waals surface area contributed by atoms with Crippen molar-refractivity contribution in [2.24, 2.45) is 4.99 Å². The van der Waals surface area contributed by atoms with E-state index in [0.717, 1.165) is 0 Å². The molecule has 0 saturated carbocycles. The van der Waals surface area contributed by atoms with E-state index >= 15 is 0 Å². The monoisotopic (exact) mass is 471 g/mol. The maximum absolute atomic E-state index is 13.2. The average Bonchev–Trinajstić information content (AvgIpc) is 3.13. The van der Waals surface area contributed by atoms with Gasteiger partial charge in [0.2, 0.25) is 23.1 Å². The van der Waals surface area contributed by atoms with Gasteiger partial charge in [0, 0.05) is 27.3 Å². The normalized spacial score (nSPS) is 16.1. The number of aliphatic hydroxyl groups excluding tert-OH is 2. The number of nitrogens with zero attached hydrogens (tertiary/aromatic N) is 1. The highest BCUT2D eigenvalue weighted by molar-refractivity contribution is 6.36. The van der Waals surface area contributed by atoms with E-state index in [1.165, 1.54) is 12.1 Å². The SMILES string of the molecule is O=C(OC1=C(O)C(=O)c2ccccc2C1=O)C1=C(O)c2ccccc2C1=Nc1ccc(Cl)cc1. The van der Waals surface area contributed by atoms with E-state index in [1.54, 1.807) is 60.7 Å². The summed E-state index contributed by atoms with van der Waals surface area (Å²) in [7, 11) is 0. The lowest BCUT2D eigenvalue weighted by atomic mass is 9.92. The highest BCUT2D eigenvalue weighted by Crippen LogP contribution is 2.35. The average molecular weight is 472 g/mol. The first-order valence-electron chi connectivity index (χ1n) is 10.1. The van der Waals surface area contributed by atoms with Crippen molar-refractivity contribution in [1.82, 2.24) is 0 Å². The number of Topliss-reactive ketones (excluding diaryl/α,β-unsaturated/α-hetero) is 2. The number of hydrogen-bond acceptors (Lipinski definition) is 7. The fourth-order valence-electron chi connectivity index (χ4n) is 3.81. The van der Waals surface area contributed by atoms with Gasteiger partial charge in [-0.25, -0.2) is 9.79 Å². The first-order chi connectivity index (χ1) is 16.4. The zero-order valence-corrected chi connectivity index (χ0v) is 18.0. The standard InChI is InChI=1S/C26H14ClNO6/c27-13-9-11-14(12-10-13)28-20-15-5-1-2-6-16(15)21(29)19(20)26(33)34-25-23(31)18-8-4-3-7-17(18)22(30)24(25)32/h1-12,29,32H.